The van der Waals surface area contributed by atoms with Gasteiger partial charge in [-0.05, 0) is 18.6 Å². The highest BCUT2D eigenvalue weighted by molar-refractivity contribution is 5.92. The summed E-state index contributed by atoms with van der Waals surface area (Å²) >= 11 is 0. The smallest absolute Gasteiger partial charge is 0.289 e. The van der Waals surface area contributed by atoms with Crippen LogP contribution in [0.15, 0.2) is 35.1 Å². The van der Waals surface area contributed by atoms with Crippen molar-refractivity contribution in [1.29, 1.82) is 0 Å². The fourth-order valence-corrected chi connectivity index (χ4v) is 1.71. The van der Waals surface area contributed by atoms with E-state index in [-0.39, 0.29) is 18.3 Å². The van der Waals surface area contributed by atoms with Gasteiger partial charge in [0.25, 0.3) is 5.91 Å². The molecule has 0 aliphatic rings. The Morgan fingerprint density at radius 3 is 2.95 bits per heavy atom. The number of nitrogens with one attached hydrogen (secondary N) is 1. The average molecular weight is 270 g/mol. The van der Waals surface area contributed by atoms with Crippen molar-refractivity contribution in [1.82, 2.24) is 10.3 Å². The highest BCUT2D eigenvalue weighted by atomic mass is 16.3. The van der Waals surface area contributed by atoms with E-state index in [9.17, 15) is 4.79 Å². The molecule has 0 fully saturated rings. The molecule has 0 unspecified atom stereocenters. The van der Waals surface area contributed by atoms with E-state index in [0.29, 0.717) is 12.2 Å². The summed E-state index contributed by atoms with van der Waals surface area (Å²) in [6.45, 7) is 1.84. The lowest BCUT2D eigenvalue weighted by Crippen LogP contribution is -2.23. The molecule has 0 saturated heterocycles. The van der Waals surface area contributed by atoms with Gasteiger partial charge in [-0.3, -0.25) is 4.79 Å². The van der Waals surface area contributed by atoms with Gasteiger partial charge in [-0.1, -0.05) is 30.0 Å². The molecule has 1 aromatic heterocycles. The predicted octanol–water partition coefficient (Wildman–Crippen LogP) is 1.26. The van der Waals surface area contributed by atoms with E-state index in [2.05, 4.69) is 22.1 Å². The van der Waals surface area contributed by atoms with Gasteiger partial charge in [0.15, 0.2) is 6.39 Å². The molecule has 0 aliphatic heterocycles. The van der Waals surface area contributed by atoms with Gasteiger partial charge in [-0.15, -0.1) is 0 Å². The van der Waals surface area contributed by atoms with E-state index in [1.54, 1.807) is 6.92 Å². The average Bonchev–Trinajstić information content (AvgIpc) is 2.89. The first-order valence-corrected chi connectivity index (χ1v) is 6.08. The fraction of sp³-hybridized carbons (Fsp3) is 0.200. The van der Waals surface area contributed by atoms with Crippen molar-refractivity contribution in [3.8, 4) is 11.8 Å². The number of amides is 1. The Morgan fingerprint density at radius 2 is 2.25 bits per heavy atom. The van der Waals surface area contributed by atoms with Gasteiger partial charge < -0.3 is 14.8 Å². The van der Waals surface area contributed by atoms with Crippen LogP contribution in [0.3, 0.4) is 0 Å². The lowest BCUT2D eigenvalue weighted by atomic mass is 10.1. The Balaban J connectivity index is 2.08. The third-order valence-corrected chi connectivity index (χ3v) is 2.71. The highest BCUT2D eigenvalue weighted by Gasteiger charge is 2.13. The molecule has 0 radical (unpaired) electrons. The number of hydrogen-bond acceptors (Lipinski definition) is 4. The Bertz CT molecular complexity index is 665. The normalized spacial score (nSPS) is 9.70. The van der Waals surface area contributed by atoms with Crippen molar-refractivity contribution < 1.29 is 14.3 Å². The molecule has 0 aliphatic carbocycles. The maximum atomic E-state index is 11.9. The summed E-state index contributed by atoms with van der Waals surface area (Å²) in [5.74, 6) is 5.34. The van der Waals surface area contributed by atoms with Gasteiger partial charge in [0.2, 0.25) is 5.76 Å². The fourth-order valence-electron chi connectivity index (χ4n) is 1.71. The monoisotopic (exact) mass is 270 g/mol. The lowest BCUT2D eigenvalue weighted by molar-refractivity contribution is 0.0922. The Hall–Kier alpha value is -2.58. The van der Waals surface area contributed by atoms with Crippen LogP contribution in [0.1, 0.15) is 27.4 Å². The number of carbonyl (C=O) groups excluding carboxylic acids is 1. The summed E-state index contributed by atoms with van der Waals surface area (Å²) in [5, 5.41) is 11.5. The second-order valence-electron chi connectivity index (χ2n) is 4.07. The first-order chi connectivity index (χ1) is 9.72. The second-order valence-corrected chi connectivity index (χ2v) is 4.07. The summed E-state index contributed by atoms with van der Waals surface area (Å²) in [6, 6.07) is 7.43. The molecule has 1 amide bonds. The predicted molar refractivity (Wildman–Crippen MR) is 72.8 cm³/mol. The van der Waals surface area contributed by atoms with Crippen molar-refractivity contribution in [3.63, 3.8) is 0 Å². The minimum absolute atomic E-state index is 0.196. The van der Waals surface area contributed by atoms with Crippen LogP contribution in [0.2, 0.25) is 0 Å². The van der Waals surface area contributed by atoms with Crippen LogP contribution in [-0.4, -0.2) is 22.6 Å². The first kappa shape index (κ1) is 13.8. The zero-order valence-electron chi connectivity index (χ0n) is 11.0. The van der Waals surface area contributed by atoms with Crippen LogP contribution < -0.4 is 5.32 Å². The molecule has 2 rings (SSSR count). The first-order valence-electron chi connectivity index (χ1n) is 6.08. The minimum atomic E-state index is -0.315. The van der Waals surface area contributed by atoms with Gasteiger partial charge in [0.1, 0.15) is 6.61 Å². The lowest BCUT2D eigenvalue weighted by Gasteiger charge is -2.06. The Kier molecular flexibility index (Phi) is 4.53. The number of benzene rings is 1. The summed E-state index contributed by atoms with van der Waals surface area (Å²) in [4.78, 5) is 15.8. The molecule has 0 atom stereocenters. The van der Waals surface area contributed by atoms with Crippen molar-refractivity contribution in [3.05, 3.63) is 53.2 Å². The van der Waals surface area contributed by atoms with Crippen molar-refractivity contribution in [2.75, 3.05) is 6.61 Å². The number of aliphatic hydroxyl groups is 1. The van der Waals surface area contributed by atoms with E-state index in [4.69, 9.17) is 9.52 Å². The second kappa shape index (κ2) is 6.55. The van der Waals surface area contributed by atoms with Crippen molar-refractivity contribution in [2.45, 2.75) is 13.5 Å². The van der Waals surface area contributed by atoms with E-state index >= 15 is 0 Å². The van der Waals surface area contributed by atoms with Crippen LogP contribution in [-0.2, 0) is 6.54 Å². The summed E-state index contributed by atoms with van der Waals surface area (Å²) in [7, 11) is 0. The molecule has 2 aromatic rings. The molecule has 2 N–H and O–H groups in total. The van der Waals surface area contributed by atoms with Crippen LogP contribution in [0.25, 0.3) is 0 Å². The number of carbonyl (C=O) groups is 1. The number of rotatable bonds is 3. The number of oxazole rings is 1. The molecule has 0 saturated carbocycles. The molecular weight excluding hydrogens is 256 g/mol. The Labute approximate surface area is 116 Å². The van der Waals surface area contributed by atoms with Crippen molar-refractivity contribution >= 4 is 5.91 Å². The summed E-state index contributed by atoms with van der Waals surface area (Å²) < 4.78 is 5.03. The topological polar surface area (TPSA) is 75.4 Å². The molecule has 1 heterocycles. The standard InChI is InChI=1S/C15H14N2O3/c1-11-14(20-10-17-11)15(19)16-9-13-6-3-2-5-12(13)7-4-8-18/h2-3,5-6,10,18H,8-9H2,1H3,(H,16,19). The zero-order chi connectivity index (χ0) is 14.4. The Morgan fingerprint density at radius 1 is 1.45 bits per heavy atom. The number of hydrogen-bond donors (Lipinski definition) is 2. The van der Waals surface area contributed by atoms with E-state index in [1.165, 1.54) is 6.39 Å². The molecule has 0 spiro atoms. The number of aryl methyl sites for hydroxylation is 1. The molecule has 1 aromatic carbocycles. The quantitative estimate of drug-likeness (QED) is 0.823. The van der Waals surface area contributed by atoms with E-state index < -0.39 is 0 Å². The largest absolute Gasteiger partial charge is 0.438 e. The van der Waals surface area contributed by atoms with Gasteiger partial charge in [-0.2, -0.15) is 0 Å². The van der Waals surface area contributed by atoms with Crippen LogP contribution >= 0.6 is 0 Å². The molecule has 0 bridgehead atoms. The van der Waals surface area contributed by atoms with Crippen LogP contribution in [0.4, 0.5) is 0 Å². The molecule has 20 heavy (non-hydrogen) atoms. The third-order valence-electron chi connectivity index (χ3n) is 2.71. The van der Waals surface area contributed by atoms with Crippen LogP contribution in [0.5, 0.6) is 0 Å². The molecule has 5 nitrogen and oxygen atoms in total. The minimum Gasteiger partial charge on any atom is -0.438 e. The third kappa shape index (κ3) is 3.25. The van der Waals surface area contributed by atoms with Crippen LogP contribution in [0, 0.1) is 18.8 Å². The van der Waals surface area contributed by atoms with Gasteiger partial charge in [-0.25, -0.2) is 4.98 Å². The molecule has 5 heteroatoms. The van der Waals surface area contributed by atoms with Crippen molar-refractivity contribution in [2.24, 2.45) is 0 Å². The SMILES string of the molecule is Cc1ncoc1C(=O)NCc1ccccc1C#CCO. The summed E-state index contributed by atoms with van der Waals surface area (Å²) in [6.07, 6.45) is 1.24. The number of nitrogens with zero attached hydrogens (tertiary/aromatic N) is 1. The van der Waals surface area contributed by atoms with E-state index in [1.807, 2.05) is 24.3 Å². The van der Waals surface area contributed by atoms with Gasteiger partial charge in [0, 0.05) is 12.1 Å². The van der Waals surface area contributed by atoms with Gasteiger partial charge >= 0.3 is 0 Å². The molecular formula is C15H14N2O3. The van der Waals surface area contributed by atoms with E-state index in [0.717, 1.165) is 11.1 Å². The number of aliphatic hydroxyl groups excluding tert-OH is 1. The number of aromatic nitrogens is 1. The zero-order valence-corrected chi connectivity index (χ0v) is 11.0. The maximum Gasteiger partial charge on any atom is 0.289 e. The molecule has 102 valence electrons. The highest BCUT2D eigenvalue weighted by Crippen LogP contribution is 2.09. The summed E-state index contributed by atoms with van der Waals surface area (Å²) in [5.41, 5.74) is 2.20. The maximum absolute atomic E-state index is 11.9. The van der Waals surface area contributed by atoms with Gasteiger partial charge in [0.05, 0.1) is 5.69 Å².